The van der Waals surface area contributed by atoms with Crippen molar-refractivity contribution in [1.29, 1.82) is 0 Å². The summed E-state index contributed by atoms with van der Waals surface area (Å²) >= 11 is 7.90. The number of methoxy groups -OCH3 is 2. The van der Waals surface area contributed by atoms with Crippen LogP contribution in [0.3, 0.4) is 0 Å². The first-order chi connectivity index (χ1) is 16.4. The second kappa shape index (κ2) is 10.5. The predicted molar refractivity (Wildman–Crippen MR) is 135 cm³/mol. The van der Waals surface area contributed by atoms with Gasteiger partial charge in [-0.1, -0.05) is 23.7 Å². The lowest BCUT2D eigenvalue weighted by Crippen LogP contribution is -2.51. The maximum atomic E-state index is 13.4. The molecule has 1 saturated heterocycles. The molecule has 178 valence electrons. The van der Waals surface area contributed by atoms with Crippen LogP contribution < -0.4 is 14.8 Å². The van der Waals surface area contributed by atoms with Crippen molar-refractivity contribution in [3.8, 4) is 11.5 Å². The normalized spacial score (nSPS) is 17.8. The van der Waals surface area contributed by atoms with E-state index in [2.05, 4.69) is 18.3 Å². The largest absolute Gasteiger partial charge is 0.493 e. The topological polar surface area (TPSA) is 67.9 Å². The summed E-state index contributed by atoms with van der Waals surface area (Å²) in [5.74, 6) is 0.794. The Balaban J connectivity index is 1.57. The van der Waals surface area contributed by atoms with Gasteiger partial charge in [-0.15, -0.1) is 11.3 Å². The van der Waals surface area contributed by atoms with E-state index in [0.717, 1.165) is 5.56 Å². The zero-order valence-electron chi connectivity index (χ0n) is 19.3. The fourth-order valence-corrected chi connectivity index (χ4v) is 5.69. The highest BCUT2D eigenvalue weighted by Crippen LogP contribution is 2.35. The lowest BCUT2D eigenvalue weighted by Gasteiger charge is -2.39. The number of piperidine rings is 1. The number of ether oxygens (including phenoxy) is 2. The number of halogens is 1. The zero-order chi connectivity index (χ0) is 24.2. The lowest BCUT2D eigenvalue weighted by molar-refractivity contribution is 0.0672. The molecule has 8 heteroatoms. The van der Waals surface area contributed by atoms with Crippen molar-refractivity contribution >= 4 is 34.8 Å². The summed E-state index contributed by atoms with van der Waals surface area (Å²) < 4.78 is 10.7. The molecule has 0 radical (unpaired) electrons. The third-order valence-electron chi connectivity index (χ3n) is 6.20. The summed E-state index contributed by atoms with van der Waals surface area (Å²) in [6.45, 7) is 3.09. The van der Waals surface area contributed by atoms with Crippen molar-refractivity contribution in [2.75, 3.05) is 27.3 Å². The average molecular weight is 499 g/mol. The number of aryl methyl sites for hydroxylation is 1. The molecule has 0 aliphatic carbocycles. The number of benzene rings is 2. The molecule has 1 aromatic heterocycles. The van der Waals surface area contributed by atoms with E-state index in [1.807, 2.05) is 10.3 Å². The van der Waals surface area contributed by atoms with Crippen molar-refractivity contribution in [3.63, 3.8) is 0 Å². The van der Waals surface area contributed by atoms with E-state index in [1.165, 1.54) is 4.88 Å². The van der Waals surface area contributed by atoms with Gasteiger partial charge in [-0.3, -0.25) is 9.59 Å². The van der Waals surface area contributed by atoms with Crippen molar-refractivity contribution in [3.05, 3.63) is 80.5 Å². The van der Waals surface area contributed by atoms with Gasteiger partial charge in [0.1, 0.15) is 0 Å². The van der Waals surface area contributed by atoms with Crippen LogP contribution in [0.15, 0.2) is 53.9 Å². The Hall–Kier alpha value is -3.03. The number of rotatable bonds is 6. The summed E-state index contributed by atoms with van der Waals surface area (Å²) in [5.41, 5.74) is 2.15. The maximum absolute atomic E-state index is 13.4. The molecule has 2 aromatic carbocycles. The summed E-state index contributed by atoms with van der Waals surface area (Å²) in [4.78, 5) is 29.4. The summed E-state index contributed by atoms with van der Waals surface area (Å²) in [5, 5.41) is 5.65. The highest BCUT2D eigenvalue weighted by molar-refractivity contribution is 7.10. The standard InChI is InChI=1S/C26H27ClN2O4S/c1-16-11-13-34-24(16)19-15-29(26(31)17-8-9-22(32-2)23(14-17)33-3)12-10-21(19)28-25(30)18-6-4-5-7-20(18)27/h4-9,11,13-14,19,21H,10,12,15H2,1-3H3,(H,28,30)/t19-,21-/m0/s1. The van der Waals surface area contributed by atoms with Crippen LogP contribution >= 0.6 is 22.9 Å². The molecular weight excluding hydrogens is 472 g/mol. The SMILES string of the molecule is COc1ccc(C(=O)N2CC[C@H](NC(=O)c3ccccc3Cl)[C@@H](c3sccc3C)C2)cc1OC. The van der Waals surface area contributed by atoms with Crippen LogP contribution in [0.4, 0.5) is 0 Å². The minimum absolute atomic E-state index is 0.0238. The highest BCUT2D eigenvalue weighted by atomic mass is 35.5. The number of likely N-dealkylation sites (tertiary alicyclic amines) is 1. The van der Waals surface area contributed by atoms with Gasteiger partial charge < -0.3 is 19.7 Å². The summed E-state index contributed by atoms with van der Waals surface area (Å²) in [6, 6.07) is 14.2. The fourth-order valence-electron chi connectivity index (χ4n) is 4.38. The molecular formula is C26H27ClN2O4S. The van der Waals surface area contributed by atoms with Gasteiger partial charge >= 0.3 is 0 Å². The third-order valence-corrected chi connectivity index (χ3v) is 7.68. The van der Waals surface area contributed by atoms with E-state index >= 15 is 0 Å². The van der Waals surface area contributed by atoms with Crippen LogP contribution in [-0.4, -0.2) is 50.1 Å². The molecule has 0 saturated carbocycles. The molecule has 0 unspecified atom stereocenters. The molecule has 34 heavy (non-hydrogen) atoms. The number of carbonyl (C=O) groups excluding carboxylic acids is 2. The second-order valence-electron chi connectivity index (χ2n) is 8.24. The van der Waals surface area contributed by atoms with E-state index in [1.54, 1.807) is 68.0 Å². The molecule has 4 rings (SSSR count). The molecule has 2 amide bonds. The van der Waals surface area contributed by atoms with E-state index in [9.17, 15) is 9.59 Å². The Labute approximate surface area is 208 Å². The first kappa shape index (κ1) is 24.1. The van der Waals surface area contributed by atoms with Gasteiger partial charge in [0.15, 0.2) is 11.5 Å². The van der Waals surface area contributed by atoms with E-state index in [-0.39, 0.29) is 23.8 Å². The molecule has 0 spiro atoms. The molecule has 1 aliphatic heterocycles. The molecule has 1 fully saturated rings. The average Bonchev–Trinajstić information content (AvgIpc) is 3.29. The first-order valence-corrected chi connectivity index (χ1v) is 12.3. The van der Waals surface area contributed by atoms with Crippen LogP contribution in [0.5, 0.6) is 11.5 Å². The molecule has 3 aromatic rings. The van der Waals surface area contributed by atoms with Gasteiger partial charge in [0.2, 0.25) is 0 Å². The van der Waals surface area contributed by atoms with E-state index < -0.39 is 0 Å². The number of hydrogen-bond donors (Lipinski definition) is 1. The predicted octanol–water partition coefficient (Wildman–Crippen LogP) is 5.16. The number of nitrogens with one attached hydrogen (secondary N) is 1. The van der Waals surface area contributed by atoms with E-state index in [4.69, 9.17) is 21.1 Å². The van der Waals surface area contributed by atoms with Crippen LogP contribution in [0.1, 0.15) is 43.5 Å². The minimum Gasteiger partial charge on any atom is -0.493 e. The molecule has 6 nitrogen and oxygen atoms in total. The number of hydrogen-bond acceptors (Lipinski definition) is 5. The van der Waals surface area contributed by atoms with Crippen molar-refractivity contribution in [2.24, 2.45) is 0 Å². The Morgan fingerprint density at radius 2 is 1.85 bits per heavy atom. The van der Waals surface area contributed by atoms with Crippen LogP contribution in [0.25, 0.3) is 0 Å². The maximum Gasteiger partial charge on any atom is 0.254 e. The number of nitrogens with zero attached hydrogens (tertiary/aromatic N) is 1. The molecule has 1 aliphatic rings. The van der Waals surface area contributed by atoms with Gasteiger partial charge in [-0.2, -0.15) is 0 Å². The van der Waals surface area contributed by atoms with Gasteiger partial charge in [-0.05, 0) is 60.7 Å². The Bertz CT molecular complexity index is 1200. The molecule has 0 bridgehead atoms. The molecule has 2 atom stereocenters. The van der Waals surface area contributed by atoms with Crippen molar-refractivity contribution < 1.29 is 19.1 Å². The second-order valence-corrected chi connectivity index (χ2v) is 9.60. The fraction of sp³-hybridized carbons (Fsp3) is 0.308. The third kappa shape index (κ3) is 4.91. The summed E-state index contributed by atoms with van der Waals surface area (Å²) in [7, 11) is 3.11. The van der Waals surface area contributed by atoms with Crippen LogP contribution in [-0.2, 0) is 0 Å². The van der Waals surface area contributed by atoms with E-state index in [0.29, 0.717) is 47.2 Å². The molecule has 2 heterocycles. The quantitative estimate of drug-likeness (QED) is 0.510. The Morgan fingerprint density at radius 3 is 2.53 bits per heavy atom. The smallest absolute Gasteiger partial charge is 0.254 e. The lowest BCUT2D eigenvalue weighted by atomic mass is 9.88. The van der Waals surface area contributed by atoms with Gasteiger partial charge in [0, 0.05) is 35.5 Å². The van der Waals surface area contributed by atoms with Crippen LogP contribution in [0.2, 0.25) is 5.02 Å². The highest BCUT2D eigenvalue weighted by Gasteiger charge is 2.35. The number of thiophene rings is 1. The number of amides is 2. The summed E-state index contributed by atoms with van der Waals surface area (Å²) in [6.07, 6.45) is 0.636. The minimum atomic E-state index is -0.200. The Morgan fingerprint density at radius 1 is 1.09 bits per heavy atom. The monoisotopic (exact) mass is 498 g/mol. The van der Waals surface area contributed by atoms with Crippen molar-refractivity contribution in [1.82, 2.24) is 10.2 Å². The first-order valence-electron chi connectivity index (χ1n) is 11.0. The van der Waals surface area contributed by atoms with Crippen molar-refractivity contribution in [2.45, 2.75) is 25.3 Å². The van der Waals surface area contributed by atoms with Gasteiger partial charge in [0.25, 0.3) is 11.8 Å². The molecule has 1 N–H and O–H groups in total. The number of carbonyl (C=O) groups is 2. The van der Waals surface area contributed by atoms with Gasteiger partial charge in [-0.25, -0.2) is 0 Å². The van der Waals surface area contributed by atoms with Gasteiger partial charge in [0.05, 0.1) is 24.8 Å². The zero-order valence-corrected chi connectivity index (χ0v) is 20.9. The van der Waals surface area contributed by atoms with Crippen LogP contribution in [0, 0.1) is 6.92 Å². The Kier molecular flexibility index (Phi) is 7.44.